The highest BCUT2D eigenvalue weighted by Gasteiger charge is 2.13. The summed E-state index contributed by atoms with van der Waals surface area (Å²) in [5.74, 6) is -1.33. The third-order valence-corrected chi connectivity index (χ3v) is 3.67. The van der Waals surface area contributed by atoms with Crippen LogP contribution < -0.4 is 11.5 Å². The van der Waals surface area contributed by atoms with Crippen molar-refractivity contribution >= 4 is 34.4 Å². The summed E-state index contributed by atoms with van der Waals surface area (Å²) in [7, 11) is 0. The van der Waals surface area contributed by atoms with Gasteiger partial charge in [0.25, 0.3) is 5.91 Å². The molecule has 7 heteroatoms. The second kappa shape index (κ2) is 6.25. The molecule has 1 aromatic heterocycles. The van der Waals surface area contributed by atoms with E-state index in [4.69, 9.17) is 23.1 Å². The van der Waals surface area contributed by atoms with Gasteiger partial charge < -0.3 is 11.5 Å². The van der Waals surface area contributed by atoms with Crippen molar-refractivity contribution in [3.05, 3.63) is 65.1 Å². The van der Waals surface area contributed by atoms with Crippen molar-refractivity contribution < 1.29 is 9.18 Å². The van der Waals surface area contributed by atoms with Crippen molar-refractivity contribution in [2.24, 2.45) is 16.5 Å². The summed E-state index contributed by atoms with van der Waals surface area (Å²) in [4.78, 5) is 19.7. The molecule has 0 bridgehead atoms. The molecule has 0 aliphatic carbocycles. The first-order valence-corrected chi connectivity index (χ1v) is 7.31. The number of aromatic nitrogens is 1. The quantitative estimate of drug-likeness (QED) is 0.552. The van der Waals surface area contributed by atoms with E-state index in [1.807, 2.05) is 0 Å². The molecule has 0 atom stereocenters. The standard InChI is InChI=1S/C17H12ClFN4O/c18-10-2-3-14(19)12(8-10)11-5-6-22-15-4-1-9(7-13(11)15)16(24)23-17(20)21/h1-8H,(H4,20,21,23,24). The van der Waals surface area contributed by atoms with Crippen LogP contribution >= 0.6 is 11.6 Å². The summed E-state index contributed by atoms with van der Waals surface area (Å²) in [6.07, 6.45) is 1.57. The molecule has 0 spiro atoms. The van der Waals surface area contributed by atoms with Gasteiger partial charge in [0, 0.05) is 27.7 Å². The van der Waals surface area contributed by atoms with E-state index < -0.39 is 11.7 Å². The summed E-state index contributed by atoms with van der Waals surface area (Å²) in [6, 6.07) is 10.7. The number of guanidine groups is 1. The van der Waals surface area contributed by atoms with Gasteiger partial charge in [-0.15, -0.1) is 0 Å². The number of rotatable bonds is 2. The molecule has 1 amide bonds. The number of hydrogen-bond acceptors (Lipinski definition) is 2. The van der Waals surface area contributed by atoms with Gasteiger partial charge in [-0.2, -0.15) is 4.99 Å². The first kappa shape index (κ1) is 15.9. The number of benzene rings is 2. The molecule has 0 aliphatic rings. The van der Waals surface area contributed by atoms with Crippen molar-refractivity contribution in [1.29, 1.82) is 0 Å². The van der Waals surface area contributed by atoms with Crippen LogP contribution in [0.3, 0.4) is 0 Å². The highest BCUT2D eigenvalue weighted by Crippen LogP contribution is 2.32. The first-order chi connectivity index (χ1) is 11.5. The zero-order chi connectivity index (χ0) is 17.3. The van der Waals surface area contributed by atoms with Crippen LogP contribution in [-0.2, 0) is 0 Å². The Morgan fingerprint density at radius 3 is 2.62 bits per heavy atom. The van der Waals surface area contributed by atoms with E-state index in [1.165, 1.54) is 18.2 Å². The Bertz CT molecular complexity index is 983. The minimum absolute atomic E-state index is 0.271. The summed E-state index contributed by atoms with van der Waals surface area (Å²) in [6.45, 7) is 0. The van der Waals surface area contributed by atoms with Crippen molar-refractivity contribution in [1.82, 2.24) is 4.98 Å². The summed E-state index contributed by atoms with van der Waals surface area (Å²) in [5, 5.41) is 0.999. The number of halogens is 2. The van der Waals surface area contributed by atoms with E-state index in [0.717, 1.165) is 0 Å². The van der Waals surface area contributed by atoms with Crippen LogP contribution in [0.15, 0.2) is 53.7 Å². The summed E-state index contributed by atoms with van der Waals surface area (Å²) >= 11 is 5.97. The Morgan fingerprint density at radius 1 is 1.08 bits per heavy atom. The van der Waals surface area contributed by atoms with Gasteiger partial charge in [0.2, 0.25) is 0 Å². The number of nitrogens with two attached hydrogens (primary N) is 2. The van der Waals surface area contributed by atoms with Crippen molar-refractivity contribution in [2.75, 3.05) is 0 Å². The molecule has 2 aromatic carbocycles. The van der Waals surface area contributed by atoms with Crippen molar-refractivity contribution in [2.45, 2.75) is 0 Å². The fourth-order valence-corrected chi connectivity index (χ4v) is 2.57. The van der Waals surface area contributed by atoms with E-state index >= 15 is 0 Å². The number of nitrogens with zero attached hydrogens (tertiary/aromatic N) is 2. The Labute approximate surface area is 141 Å². The molecule has 0 radical (unpaired) electrons. The van der Waals surface area contributed by atoms with Crippen LogP contribution in [0.4, 0.5) is 4.39 Å². The Hall–Kier alpha value is -2.99. The Kier molecular flexibility index (Phi) is 4.14. The highest BCUT2D eigenvalue weighted by atomic mass is 35.5. The minimum Gasteiger partial charge on any atom is -0.370 e. The fourth-order valence-electron chi connectivity index (χ4n) is 2.40. The molecule has 5 nitrogen and oxygen atoms in total. The van der Waals surface area contributed by atoms with Crippen LogP contribution in [0.1, 0.15) is 10.4 Å². The molecule has 3 rings (SSSR count). The first-order valence-electron chi connectivity index (χ1n) is 6.94. The summed E-state index contributed by atoms with van der Waals surface area (Å²) < 4.78 is 14.2. The maximum atomic E-state index is 14.2. The number of fused-ring (bicyclic) bond motifs is 1. The lowest BCUT2D eigenvalue weighted by Crippen LogP contribution is -2.24. The topological polar surface area (TPSA) is 94.4 Å². The molecular weight excluding hydrogens is 331 g/mol. The number of pyridine rings is 1. The molecule has 4 N–H and O–H groups in total. The van der Waals surface area contributed by atoms with Gasteiger partial charge in [-0.3, -0.25) is 9.78 Å². The zero-order valence-corrected chi connectivity index (χ0v) is 13.1. The number of carbonyl (C=O) groups is 1. The van der Waals surface area contributed by atoms with Crippen molar-refractivity contribution in [3.63, 3.8) is 0 Å². The zero-order valence-electron chi connectivity index (χ0n) is 12.3. The molecule has 0 aliphatic heterocycles. The number of aliphatic imine (C=N–C) groups is 1. The van der Waals surface area contributed by atoms with Crippen LogP contribution in [0.5, 0.6) is 0 Å². The maximum absolute atomic E-state index is 14.2. The van der Waals surface area contributed by atoms with Gasteiger partial charge in [-0.1, -0.05) is 11.6 Å². The second-order valence-electron chi connectivity index (χ2n) is 5.06. The van der Waals surface area contributed by atoms with E-state index in [1.54, 1.807) is 30.5 Å². The monoisotopic (exact) mass is 342 g/mol. The molecule has 1 heterocycles. The maximum Gasteiger partial charge on any atom is 0.280 e. The number of amides is 1. The smallest absolute Gasteiger partial charge is 0.280 e. The predicted octanol–water partition coefficient (Wildman–Crippen LogP) is 3.11. The molecule has 0 saturated carbocycles. The third-order valence-electron chi connectivity index (χ3n) is 3.44. The van der Waals surface area contributed by atoms with E-state index in [-0.39, 0.29) is 11.5 Å². The fraction of sp³-hybridized carbons (Fsp3) is 0. The third kappa shape index (κ3) is 3.04. The lowest BCUT2D eigenvalue weighted by Gasteiger charge is -2.09. The molecule has 0 unspecified atom stereocenters. The molecule has 3 aromatic rings. The van der Waals surface area contributed by atoms with Crippen LogP contribution in [0, 0.1) is 5.82 Å². The molecular formula is C17H12ClFN4O. The van der Waals surface area contributed by atoms with Gasteiger partial charge in [-0.25, -0.2) is 4.39 Å². The predicted molar refractivity (Wildman–Crippen MR) is 92.3 cm³/mol. The molecule has 120 valence electrons. The summed E-state index contributed by atoms with van der Waals surface area (Å²) in [5.41, 5.74) is 12.2. The Morgan fingerprint density at radius 2 is 1.88 bits per heavy atom. The molecule has 0 fully saturated rings. The van der Waals surface area contributed by atoms with Crippen LogP contribution in [0.25, 0.3) is 22.0 Å². The van der Waals surface area contributed by atoms with Crippen LogP contribution in [0.2, 0.25) is 5.02 Å². The highest BCUT2D eigenvalue weighted by molar-refractivity contribution is 6.31. The van der Waals surface area contributed by atoms with E-state index in [2.05, 4.69) is 9.98 Å². The number of hydrogen-bond donors (Lipinski definition) is 2. The van der Waals surface area contributed by atoms with Gasteiger partial charge in [0.1, 0.15) is 5.82 Å². The largest absolute Gasteiger partial charge is 0.370 e. The average molecular weight is 343 g/mol. The average Bonchev–Trinajstić information content (AvgIpc) is 2.55. The SMILES string of the molecule is NC(N)=NC(=O)c1ccc2nccc(-c3cc(Cl)ccc3F)c2c1. The van der Waals surface area contributed by atoms with E-state index in [0.29, 0.717) is 27.1 Å². The number of carbonyl (C=O) groups excluding carboxylic acids is 1. The van der Waals surface area contributed by atoms with Crippen LogP contribution in [-0.4, -0.2) is 16.9 Å². The van der Waals surface area contributed by atoms with Gasteiger partial charge in [0.15, 0.2) is 5.96 Å². The van der Waals surface area contributed by atoms with E-state index in [9.17, 15) is 9.18 Å². The lowest BCUT2D eigenvalue weighted by atomic mass is 9.99. The van der Waals surface area contributed by atoms with Gasteiger partial charge in [0.05, 0.1) is 5.52 Å². The van der Waals surface area contributed by atoms with Gasteiger partial charge >= 0.3 is 0 Å². The molecule has 24 heavy (non-hydrogen) atoms. The second-order valence-corrected chi connectivity index (χ2v) is 5.49. The Balaban J connectivity index is 2.24. The lowest BCUT2D eigenvalue weighted by molar-refractivity contribution is 0.100. The van der Waals surface area contributed by atoms with Gasteiger partial charge in [-0.05, 0) is 48.0 Å². The van der Waals surface area contributed by atoms with Crippen molar-refractivity contribution in [3.8, 4) is 11.1 Å². The minimum atomic E-state index is -0.585. The normalized spacial score (nSPS) is 10.6. The molecule has 0 saturated heterocycles.